The van der Waals surface area contributed by atoms with E-state index in [1.807, 2.05) is 6.20 Å². The van der Waals surface area contributed by atoms with Crippen LogP contribution in [-0.4, -0.2) is 20.0 Å². The van der Waals surface area contributed by atoms with Crippen molar-refractivity contribution in [2.24, 2.45) is 0 Å². The SMILES string of the molecule is CC(C)(C)c1cnc2n1CN(C(C)(C)C)C2. The average Bonchev–Trinajstić information content (AvgIpc) is 2.53. The second-order valence-electron chi connectivity index (χ2n) is 6.75. The third-order valence-electron chi connectivity index (χ3n) is 3.30. The summed E-state index contributed by atoms with van der Waals surface area (Å²) in [4.78, 5) is 7.01. The van der Waals surface area contributed by atoms with Crippen LogP contribution in [0.2, 0.25) is 0 Å². The lowest BCUT2D eigenvalue weighted by Crippen LogP contribution is -2.38. The first-order valence-electron chi connectivity index (χ1n) is 5.99. The normalized spacial score (nSPS) is 17.9. The fourth-order valence-corrected chi connectivity index (χ4v) is 2.14. The van der Waals surface area contributed by atoms with Gasteiger partial charge in [-0.05, 0) is 20.8 Å². The summed E-state index contributed by atoms with van der Waals surface area (Å²) < 4.78 is 2.37. The van der Waals surface area contributed by atoms with E-state index in [0.29, 0.717) is 0 Å². The molecule has 3 nitrogen and oxygen atoms in total. The van der Waals surface area contributed by atoms with Gasteiger partial charge in [0.2, 0.25) is 0 Å². The lowest BCUT2D eigenvalue weighted by molar-refractivity contribution is 0.117. The quantitative estimate of drug-likeness (QED) is 0.671. The zero-order valence-electron chi connectivity index (χ0n) is 11.3. The molecule has 0 N–H and O–H groups in total. The molecule has 1 aliphatic heterocycles. The fraction of sp³-hybridized carbons (Fsp3) is 0.769. The molecule has 0 radical (unpaired) electrons. The maximum Gasteiger partial charge on any atom is 0.124 e. The Morgan fingerprint density at radius 3 is 2.25 bits per heavy atom. The Labute approximate surface area is 98.5 Å². The molecule has 0 saturated heterocycles. The Bertz CT molecular complexity index is 390. The molecule has 2 rings (SSSR count). The van der Waals surface area contributed by atoms with Crippen molar-refractivity contribution >= 4 is 0 Å². The van der Waals surface area contributed by atoms with Crippen LogP contribution in [0.4, 0.5) is 0 Å². The van der Waals surface area contributed by atoms with Crippen molar-refractivity contribution in [1.29, 1.82) is 0 Å². The van der Waals surface area contributed by atoms with Crippen LogP contribution in [0.25, 0.3) is 0 Å². The van der Waals surface area contributed by atoms with E-state index in [9.17, 15) is 0 Å². The van der Waals surface area contributed by atoms with Gasteiger partial charge in [0.15, 0.2) is 0 Å². The van der Waals surface area contributed by atoms with E-state index in [1.54, 1.807) is 0 Å². The first-order valence-corrected chi connectivity index (χ1v) is 5.99. The van der Waals surface area contributed by atoms with E-state index in [2.05, 4.69) is 56.0 Å². The molecule has 90 valence electrons. The van der Waals surface area contributed by atoms with Gasteiger partial charge in [-0.2, -0.15) is 0 Å². The molecular formula is C13H23N3. The van der Waals surface area contributed by atoms with Crippen molar-refractivity contribution in [2.75, 3.05) is 0 Å². The van der Waals surface area contributed by atoms with E-state index in [0.717, 1.165) is 13.2 Å². The zero-order valence-corrected chi connectivity index (χ0v) is 11.3. The first kappa shape index (κ1) is 11.6. The predicted molar refractivity (Wildman–Crippen MR) is 66.2 cm³/mol. The number of rotatable bonds is 0. The monoisotopic (exact) mass is 221 g/mol. The van der Waals surface area contributed by atoms with Gasteiger partial charge in [-0.25, -0.2) is 4.98 Å². The summed E-state index contributed by atoms with van der Waals surface area (Å²) in [6.45, 7) is 15.5. The molecule has 0 atom stereocenters. The fourth-order valence-electron chi connectivity index (χ4n) is 2.14. The summed E-state index contributed by atoms with van der Waals surface area (Å²) in [6, 6.07) is 0. The number of hydrogen-bond acceptors (Lipinski definition) is 2. The van der Waals surface area contributed by atoms with E-state index < -0.39 is 0 Å². The van der Waals surface area contributed by atoms with Gasteiger partial charge in [0.1, 0.15) is 5.82 Å². The molecular weight excluding hydrogens is 198 g/mol. The second-order valence-corrected chi connectivity index (χ2v) is 6.75. The van der Waals surface area contributed by atoms with Crippen LogP contribution in [0.15, 0.2) is 6.20 Å². The number of hydrogen-bond donors (Lipinski definition) is 0. The van der Waals surface area contributed by atoms with Gasteiger partial charge in [0, 0.05) is 22.8 Å². The molecule has 0 amide bonds. The van der Waals surface area contributed by atoms with Crippen LogP contribution in [0.5, 0.6) is 0 Å². The van der Waals surface area contributed by atoms with E-state index >= 15 is 0 Å². The molecule has 0 spiro atoms. The van der Waals surface area contributed by atoms with Gasteiger partial charge in [-0.15, -0.1) is 0 Å². The Morgan fingerprint density at radius 2 is 1.75 bits per heavy atom. The third kappa shape index (κ3) is 1.88. The van der Waals surface area contributed by atoms with Gasteiger partial charge in [-0.1, -0.05) is 20.8 Å². The Balaban J connectivity index is 2.30. The summed E-state index contributed by atoms with van der Waals surface area (Å²) in [5.74, 6) is 1.21. The van der Waals surface area contributed by atoms with Crippen molar-refractivity contribution in [3.8, 4) is 0 Å². The van der Waals surface area contributed by atoms with Gasteiger partial charge in [-0.3, -0.25) is 4.90 Å². The number of fused-ring (bicyclic) bond motifs is 1. The molecule has 2 heterocycles. The van der Waals surface area contributed by atoms with Crippen LogP contribution in [0.3, 0.4) is 0 Å². The minimum Gasteiger partial charge on any atom is -0.317 e. The summed E-state index contributed by atoms with van der Waals surface area (Å²) in [6.07, 6.45) is 2.04. The maximum atomic E-state index is 4.55. The lowest BCUT2D eigenvalue weighted by atomic mass is 9.93. The highest BCUT2D eigenvalue weighted by atomic mass is 15.4. The number of imidazole rings is 1. The van der Waals surface area contributed by atoms with Gasteiger partial charge in [0.25, 0.3) is 0 Å². The minimum absolute atomic E-state index is 0.180. The molecule has 1 aliphatic rings. The number of nitrogens with zero attached hydrogens (tertiary/aromatic N) is 3. The average molecular weight is 221 g/mol. The second kappa shape index (κ2) is 3.33. The zero-order chi connectivity index (χ0) is 12.1. The standard InChI is InChI=1S/C13H23N3/c1-12(2,3)10-7-14-11-8-15(9-16(10)11)13(4,5)6/h7H,8-9H2,1-6H3. The van der Waals surface area contributed by atoms with E-state index in [1.165, 1.54) is 11.5 Å². The van der Waals surface area contributed by atoms with Crippen LogP contribution < -0.4 is 0 Å². The predicted octanol–water partition coefficient (Wildman–Crippen LogP) is 2.75. The van der Waals surface area contributed by atoms with Crippen molar-refractivity contribution in [1.82, 2.24) is 14.5 Å². The highest BCUT2D eigenvalue weighted by Gasteiger charge is 2.32. The van der Waals surface area contributed by atoms with Gasteiger partial charge >= 0.3 is 0 Å². The van der Waals surface area contributed by atoms with E-state index in [-0.39, 0.29) is 11.0 Å². The van der Waals surface area contributed by atoms with Crippen molar-refractivity contribution in [2.45, 2.75) is 65.7 Å². The molecule has 16 heavy (non-hydrogen) atoms. The smallest absolute Gasteiger partial charge is 0.124 e. The molecule has 0 unspecified atom stereocenters. The van der Waals surface area contributed by atoms with Crippen molar-refractivity contribution in [3.05, 3.63) is 17.7 Å². The maximum absolute atomic E-state index is 4.55. The molecule has 3 heteroatoms. The first-order chi connectivity index (χ1) is 7.19. The topological polar surface area (TPSA) is 21.1 Å². The number of aromatic nitrogens is 2. The Hall–Kier alpha value is -0.830. The summed E-state index contributed by atoms with van der Waals surface area (Å²) in [5, 5.41) is 0. The molecule has 0 bridgehead atoms. The molecule has 1 aromatic heterocycles. The third-order valence-corrected chi connectivity index (χ3v) is 3.30. The van der Waals surface area contributed by atoms with Gasteiger partial charge < -0.3 is 4.57 Å². The summed E-state index contributed by atoms with van der Waals surface area (Å²) in [5.41, 5.74) is 1.74. The summed E-state index contributed by atoms with van der Waals surface area (Å²) >= 11 is 0. The lowest BCUT2D eigenvalue weighted by Gasteiger charge is -2.31. The molecule has 1 aromatic rings. The Kier molecular flexibility index (Phi) is 2.42. The molecule has 0 saturated carbocycles. The van der Waals surface area contributed by atoms with Crippen LogP contribution in [0, 0.1) is 0 Å². The van der Waals surface area contributed by atoms with Crippen molar-refractivity contribution < 1.29 is 0 Å². The van der Waals surface area contributed by atoms with Crippen molar-refractivity contribution in [3.63, 3.8) is 0 Å². The molecule has 0 aromatic carbocycles. The molecule has 0 aliphatic carbocycles. The van der Waals surface area contributed by atoms with Crippen LogP contribution >= 0.6 is 0 Å². The van der Waals surface area contributed by atoms with Crippen LogP contribution in [0.1, 0.15) is 53.1 Å². The molecule has 0 fully saturated rings. The Morgan fingerprint density at radius 1 is 1.12 bits per heavy atom. The highest BCUT2D eigenvalue weighted by molar-refractivity contribution is 5.16. The summed E-state index contributed by atoms with van der Waals surface area (Å²) in [7, 11) is 0. The minimum atomic E-state index is 0.180. The van der Waals surface area contributed by atoms with Crippen LogP contribution in [-0.2, 0) is 18.6 Å². The van der Waals surface area contributed by atoms with Gasteiger partial charge in [0.05, 0.1) is 13.2 Å². The van der Waals surface area contributed by atoms with E-state index in [4.69, 9.17) is 0 Å². The largest absolute Gasteiger partial charge is 0.317 e. The highest BCUT2D eigenvalue weighted by Crippen LogP contribution is 2.30.